The molecule has 0 aromatic rings. The summed E-state index contributed by atoms with van der Waals surface area (Å²) in [6.07, 6.45) is 0.896. The van der Waals surface area contributed by atoms with Crippen LogP contribution in [0.5, 0.6) is 0 Å². The highest BCUT2D eigenvalue weighted by Gasteiger charge is 2.25. The minimum absolute atomic E-state index is 0.0670. The predicted octanol–water partition coefficient (Wildman–Crippen LogP) is 1.13. The third-order valence-electron chi connectivity index (χ3n) is 3.05. The predicted molar refractivity (Wildman–Crippen MR) is 71.3 cm³/mol. The fraction of sp³-hybridized carbons (Fsp3) is 0.846. The molecule has 1 amide bonds. The van der Waals surface area contributed by atoms with Crippen LogP contribution < -0.4 is 0 Å². The van der Waals surface area contributed by atoms with Crippen LogP contribution in [0.25, 0.3) is 0 Å². The molecule has 0 saturated heterocycles. The summed E-state index contributed by atoms with van der Waals surface area (Å²) in [7, 11) is 1.36. The largest absolute Gasteiger partial charge is 0.468 e. The van der Waals surface area contributed by atoms with E-state index in [0.717, 1.165) is 6.42 Å². The number of ether oxygens (including phenoxy) is 1. The Morgan fingerprint density at radius 2 is 1.72 bits per heavy atom. The third kappa shape index (κ3) is 5.04. The molecule has 0 bridgehead atoms. The van der Waals surface area contributed by atoms with E-state index in [4.69, 9.17) is 0 Å². The monoisotopic (exact) mass is 258 g/mol. The van der Waals surface area contributed by atoms with Crippen molar-refractivity contribution in [2.75, 3.05) is 33.3 Å². The van der Waals surface area contributed by atoms with Gasteiger partial charge in [0, 0.05) is 13.1 Å². The minimum atomic E-state index is -0.303. The SMILES string of the molecule is CCCN(CC(=O)OC)C(C)C(=O)N(CC)CC. The molecule has 0 aliphatic carbocycles. The Balaban J connectivity index is 4.67. The van der Waals surface area contributed by atoms with Crippen LogP contribution >= 0.6 is 0 Å². The number of hydrogen-bond acceptors (Lipinski definition) is 4. The van der Waals surface area contributed by atoms with Gasteiger partial charge < -0.3 is 9.64 Å². The summed E-state index contributed by atoms with van der Waals surface area (Å²) in [6, 6.07) is -0.288. The van der Waals surface area contributed by atoms with Gasteiger partial charge in [-0.2, -0.15) is 0 Å². The van der Waals surface area contributed by atoms with Gasteiger partial charge in [-0.15, -0.1) is 0 Å². The highest BCUT2D eigenvalue weighted by molar-refractivity contribution is 5.82. The van der Waals surface area contributed by atoms with Gasteiger partial charge in [0.1, 0.15) is 0 Å². The molecule has 0 aromatic heterocycles. The number of esters is 1. The Bertz CT molecular complexity index is 265. The Labute approximate surface area is 110 Å². The zero-order valence-electron chi connectivity index (χ0n) is 12.2. The van der Waals surface area contributed by atoms with E-state index < -0.39 is 0 Å². The number of carbonyl (C=O) groups is 2. The quantitative estimate of drug-likeness (QED) is 0.612. The number of carbonyl (C=O) groups excluding carboxylic acids is 2. The molecule has 0 fully saturated rings. The van der Waals surface area contributed by atoms with Crippen LogP contribution in [0.4, 0.5) is 0 Å². The van der Waals surface area contributed by atoms with Crippen molar-refractivity contribution in [3.8, 4) is 0 Å². The molecule has 1 unspecified atom stereocenters. The molecule has 0 saturated carbocycles. The number of likely N-dealkylation sites (N-methyl/N-ethyl adjacent to an activating group) is 1. The highest BCUT2D eigenvalue weighted by Crippen LogP contribution is 2.05. The maximum absolute atomic E-state index is 12.2. The highest BCUT2D eigenvalue weighted by atomic mass is 16.5. The normalized spacial score (nSPS) is 12.3. The van der Waals surface area contributed by atoms with Gasteiger partial charge in [-0.25, -0.2) is 0 Å². The first kappa shape index (κ1) is 16.9. The smallest absolute Gasteiger partial charge is 0.319 e. The molecular weight excluding hydrogens is 232 g/mol. The van der Waals surface area contributed by atoms with Crippen molar-refractivity contribution in [3.05, 3.63) is 0 Å². The summed E-state index contributed by atoms with van der Waals surface area (Å²) >= 11 is 0. The van der Waals surface area contributed by atoms with E-state index in [-0.39, 0.29) is 24.5 Å². The number of nitrogens with zero attached hydrogens (tertiary/aromatic N) is 2. The second-order valence-corrected chi connectivity index (χ2v) is 4.23. The fourth-order valence-corrected chi connectivity index (χ4v) is 1.88. The van der Waals surface area contributed by atoms with Crippen LogP contribution in [-0.2, 0) is 14.3 Å². The Kier molecular flexibility index (Phi) is 8.37. The molecule has 0 aliphatic rings. The molecule has 0 N–H and O–H groups in total. The molecule has 1 atom stereocenters. The third-order valence-corrected chi connectivity index (χ3v) is 3.05. The summed E-state index contributed by atoms with van der Waals surface area (Å²) in [6.45, 7) is 10.0. The topological polar surface area (TPSA) is 49.9 Å². The first-order valence-corrected chi connectivity index (χ1v) is 6.61. The van der Waals surface area contributed by atoms with Crippen molar-refractivity contribution in [2.24, 2.45) is 0 Å². The Hall–Kier alpha value is -1.10. The van der Waals surface area contributed by atoms with E-state index in [1.165, 1.54) is 7.11 Å². The lowest BCUT2D eigenvalue weighted by atomic mass is 10.2. The number of hydrogen-bond donors (Lipinski definition) is 0. The van der Waals surface area contributed by atoms with Gasteiger partial charge in [0.25, 0.3) is 0 Å². The second kappa shape index (κ2) is 8.91. The minimum Gasteiger partial charge on any atom is -0.468 e. The van der Waals surface area contributed by atoms with Gasteiger partial charge in [-0.05, 0) is 33.7 Å². The van der Waals surface area contributed by atoms with Crippen LogP contribution in [0.1, 0.15) is 34.1 Å². The summed E-state index contributed by atoms with van der Waals surface area (Å²) in [4.78, 5) is 27.2. The van der Waals surface area contributed by atoms with E-state index in [2.05, 4.69) is 4.74 Å². The van der Waals surface area contributed by atoms with Gasteiger partial charge in [-0.3, -0.25) is 14.5 Å². The molecule has 0 aliphatic heterocycles. The van der Waals surface area contributed by atoms with Crippen LogP contribution in [-0.4, -0.2) is 61.0 Å². The zero-order valence-corrected chi connectivity index (χ0v) is 12.2. The molecule has 106 valence electrons. The number of amides is 1. The molecule has 0 radical (unpaired) electrons. The number of methoxy groups -OCH3 is 1. The lowest BCUT2D eigenvalue weighted by Gasteiger charge is -2.30. The van der Waals surface area contributed by atoms with Crippen molar-refractivity contribution in [1.82, 2.24) is 9.80 Å². The second-order valence-electron chi connectivity index (χ2n) is 4.23. The van der Waals surface area contributed by atoms with Crippen molar-refractivity contribution < 1.29 is 14.3 Å². The van der Waals surface area contributed by atoms with E-state index >= 15 is 0 Å². The Morgan fingerprint density at radius 3 is 2.11 bits per heavy atom. The van der Waals surface area contributed by atoms with Gasteiger partial charge in [0.2, 0.25) is 5.91 Å². The number of rotatable bonds is 8. The first-order chi connectivity index (χ1) is 8.51. The van der Waals surface area contributed by atoms with Gasteiger partial charge in [0.05, 0.1) is 19.7 Å². The van der Waals surface area contributed by atoms with Crippen molar-refractivity contribution in [2.45, 2.75) is 40.2 Å². The van der Waals surface area contributed by atoms with Crippen LogP contribution in [0.2, 0.25) is 0 Å². The maximum Gasteiger partial charge on any atom is 0.319 e. The summed E-state index contributed by atoms with van der Waals surface area (Å²) < 4.78 is 4.66. The van der Waals surface area contributed by atoms with Crippen LogP contribution in [0.3, 0.4) is 0 Å². The summed E-state index contributed by atoms with van der Waals surface area (Å²) in [5, 5.41) is 0. The fourth-order valence-electron chi connectivity index (χ4n) is 1.88. The average Bonchev–Trinajstić information content (AvgIpc) is 2.38. The van der Waals surface area contributed by atoms with Crippen molar-refractivity contribution in [1.29, 1.82) is 0 Å². The Morgan fingerprint density at radius 1 is 1.17 bits per heavy atom. The lowest BCUT2D eigenvalue weighted by molar-refractivity contribution is -0.144. The van der Waals surface area contributed by atoms with E-state index in [0.29, 0.717) is 19.6 Å². The van der Waals surface area contributed by atoms with E-state index in [9.17, 15) is 9.59 Å². The molecule has 0 heterocycles. The van der Waals surface area contributed by atoms with Crippen LogP contribution in [0, 0.1) is 0 Å². The molecule has 0 rings (SSSR count). The first-order valence-electron chi connectivity index (χ1n) is 6.61. The van der Waals surface area contributed by atoms with Gasteiger partial charge >= 0.3 is 5.97 Å². The van der Waals surface area contributed by atoms with Gasteiger partial charge in [-0.1, -0.05) is 6.92 Å². The zero-order chi connectivity index (χ0) is 14.1. The molecule has 0 aromatic carbocycles. The summed E-state index contributed by atoms with van der Waals surface area (Å²) in [5.41, 5.74) is 0. The maximum atomic E-state index is 12.2. The van der Waals surface area contributed by atoms with Crippen LogP contribution in [0.15, 0.2) is 0 Å². The standard InChI is InChI=1S/C13H26N2O3/c1-6-9-15(10-12(16)18-5)11(4)13(17)14(7-2)8-3/h11H,6-10H2,1-5H3. The molecule has 5 heteroatoms. The van der Waals surface area contributed by atoms with E-state index in [1.807, 2.05) is 32.6 Å². The average molecular weight is 258 g/mol. The van der Waals surface area contributed by atoms with Gasteiger partial charge in [0.15, 0.2) is 0 Å². The molecular formula is C13H26N2O3. The molecule has 5 nitrogen and oxygen atoms in total. The molecule has 18 heavy (non-hydrogen) atoms. The lowest BCUT2D eigenvalue weighted by Crippen LogP contribution is -2.49. The van der Waals surface area contributed by atoms with E-state index in [1.54, 1.807) is 4.90 Å². The molecule has 0 spiro atoms. The van der Waals surface area contributed by atoms with Crippen molar-refractivity contribution >= 4 is 11.9 Å². The summed E-state index contributed by atoms with van der Waals surface area (Å²) in [5.74, 6) is -0.236. The van der Waals surface area contributed by atoms with Crippen molar-refractivity contribution in [3.63, 3.8) is 0 Å².